The summed E-state index contributed by atoms with van der Waals surface area (Å²) in [5.41, 5.74) is 4.42. The van der Waals surface area contributed by atoms with Crippen molar-refractivity contribution in [2.24, 2.45) is 5.16 Å². The van der Waals surface area contributed by atoms with Crippen molar-refractivity contribution < 1.29 is 19.5 Å². The van der Waals surface area contributed by atoms with E-state index in [0.29, 0.717) is 11.7 Å². The SMILES string of the molecule is O=C(O)COc1cccc2c1CCC2C/C=N\OC(c1ccccc1)c1ccccc1. The molecule has 0 saturated heterocycles. The van der Waals surface area contributed by atoms with Crippen LogP contribution in [-0.4, -0.2) is 23.9 Å². The monoisotopic (exact) mass is 415 g/mol. The molecule has 31 heavy (non-hydrogen) atoms. The largest absolute Gasteiger partial charge is 0.482 e. The van der Waals surface area contributed by atoms with Crippen LogP contribution in [0.2, 0.25) is 0 Å². The van der Waals surface area contributed by atoms with Gasteiger partial charge in [0, 0.05) is 6.21 Å². The van der Waals surface area contributed by atoms with Crippen molar-refractivity contribution in [3.05, 3.63) is 101 Å². The van der Waals surface area contributed by atoms with Crippen LogP contribution in [0.1, 0.15) is 47.1 Å². The second kappa shape index (κ2) is 9.94. The molecule has 3 aromatic carbocycles. The van der Waals surface area contributed by atoms with Gasteiger partial charge in [-0.2, -0.15) is 0 Å². The van der Waals surface area contributed by atoms with Crippen molar-refractivity contribution in [1.29, 1.82) is 0 Å². The third-order valence-electron chi connectivity index (χ3n) is 5.54. The molecule has 3 aromatic rings. The van der Waals surface area contributed by atoms with Crippen molar-refractivity contribution >= 4 is 12.2 Å². The van der Waals surface area contributed by atoms with Gasteiger partial charge in [-0.1, -0.05) is 78.0 Å². The Labute approximate surface area is 181 Å². The molecule has 0 fully saturated rings. The van der Waals surface area contributed by atoms with Crippen molar-refractivity contribution in [3.63, 3.8) is 0 Å². The third kappa shape index (κ3) is 5.12. The minimum atomic E-state index is -0.970. The second-order valence-corrected chi connectivity index (χ2v) is 7.57. The van der Waals surface area contributed by atoms with Crippen LogP contribution >= 0.6 is 0 Å². The summed E-state index contributed by atoms with van der Waals surface area (Å²) < 4.78 is 5.46. The van der Waals surface area contributed by atoms with Gasteiger partial charge >= 0.3 is 5.97 Å². The van der Waals surface area contributed by atoms with E-state index in [1.54, 1.807) is 0 Å². The number of fused-ring (bicyclic) bond motifs is 1. The third-order valence-corrected chi connectivity index (χ3v) is 5.54. The van der Waals surface area contributed by atoms with Crippen molar-refractivity contribution in [2.45, 2.75) is 31.3 Å². The minimum Gasteiger partial charge on any atom is -0.482 e. The number of hydrogen-bond donors (Lipinski definition) is 1. The smallest absolute Gasteiger partial charge is 0.341 e. The molecule has 0 saturated carbocycles. The Kier molecular flexibility index (Phi) is 6.62. The highest BCUT2D eigenvalue weighted by molar-refractivity contribution is 5.68. The highest BCUT2D eigenvalue weighted by Gasteiger charge is 2.25. The zero-order chi connectivity index (χ0) is 21.5. The lowest BCUT2D eigenvalue weighted by molar-refractivity contribution is -0.139. The van der Waals surface area contributed by atoms with Gasteiger partial charge in [0.25, 0.3) is 0 Å². The van der Waals surface area contributed by atoms with Gasteiger partial charge in [-0.25, -0.2) is 4.79 Å². The maximum Gasteiger partial charge on any atom is 0.341 e. The van der Waals surface area contributed by atoms with Crippen LogP contribution in [0.5, 0.6) is 5.75 Å². The van der Waals surface area contributed by atoms with Crippen LogP contribution in [0.3, 0.4) is 0 Å². The normalized spacial score (nSPS) is 15.2. The lowest BCUT2D eigenvalue weighted by Gasteiger charge is -2.16. The number of nitrogens with zero attached hydrogens (tertiary/aromatic N) is 1. The van der Waals surface area contributed by atoms with Crippen LogP contribution in [-0.2, 0) is 16.1 Å². The number of carbonyl (C=O) groups is 1. The highest BCUT2D eigenvalue weighted by Crippen LogP contribution is 2.39. The molecule has 0 spiro atoms. The Hall–Kier alpha value is -3.60. The number of oxime groups is 1. The summed E-state index contributed by atoms with van der Waals surface area (Å²) in [4.78, 5) is 16.7. The molecule has 158 valence electrons. The zero-order valence-corrected chi connectivity index (χ0v) is 17.2. The predicted octanol–water partition coefficient (Wildman–Crippen LogP) is 5.36. The molecule has 1 unspecified atom stereocenters. The molecule has 4 rings (SSSR count). The summed E-state index contributed by atoms with van der Waals surface area (Å²) in [6.45, 7) is -0.323. The minimum absolute atomic E-state index is 0.259. The van der Waals surface area contributed by atoms with E-state index in [1.807, 2.05) is 79.0 Å². The molecular weight excluding hydrogens is 390 g/mol. The van der Waals surface area contributed by atoms with Gasteiger partial charge in [-0.3, -0.25) is 0 Å². The highest BCUT2D eigenvalue weighted by atomic mass is 16.6. The maximum absolute atomic E-state index is 10.8. The fourth-order valence-electron chi connectivity index (χ4n) is 4.07. The molecule has 1 aliphatic carbocycles. The molecular formula is C26H25NO4. The summed E-state index contributed by atoms with van der Waals surface area (Å²) >= 11 is 0. The van der Waals surface area contributed by atoms with E-state index in [4.69, 9.17) is 14.7 Å². The molecule has 0 bridgehead atoms. The number of rotatable bonds is 9. The molecule has 0 aliphatic heterocycles. The number of carboxylic acid groups (broad SMARTS) is 1. The molecule has 0 aromatic heterocycles. The fourth-order valence-corrected chi connectivity index (χ4v) is 4.07. The van der Waals surface area contributed by atoms with Crippen molar-refractivity contribution in [1.82, 2.24) is 0 Å². The van der Waals surface area contributed by atoms with Gasteiger partial charge in [0.1, 0.15) is 5.75 Å². The van der Waals surface area contributed by atoms with Crippen LogP contribution in [0.25, 0.3) is 0 Å². The molecule has 5 nitrogen and oxygen atoms in total. The Morgan fingerprint density at radius 1 is 1.00 bits per heavy atom. The molecule has 1 aliphatic rings. The van der Waals surface area contributed by atoms with Gasteiger partial charge < -0.3 is 14.7 Å². The van der Waals surface area contributed by atoms with Crippen molar-refractivity contribution in [2.75, 3.05) is 6.61 Å². The van der Waals surface area contributed by atoms with Gasteiger partial charge in [-0.05, 0) is 53.5 Å². The van der Waals surface area contributed by atoms with Crippen molar-refractivity contribution in [3.8, 4) is 5.75 Å². The summed E-state index contributed by atoms with van der Waals surface area (Å²) in [6, 6.07) is 26.0. The number of aliphatic carboxylic acids is 1. The van der Waals surface area contributed by atoms with Crippen LogP contribution in [0.4, 0.5) is 0 Å². The summed E-state index contributed by atoms with van der Waals surface area (Å²) in [5, 5.41) is 13.2. The summed E-state index contributed by atoms with van der Waals surface area (Å²) in [6.07, 6.45) is 4.19. The van der Waals surface area contributed by atoms with E-state index >= 15 is 0 Å². The molecule has 0 amide bonds. The van der Waals surface area contributed by atoms with E-state index < -0.39 is 5.97 Å². The first-order chi connectivity index (χ1) is 15.2. The Balaban J connectivity index is 1.42. The first-order valence-electron chi connectivity index (χ1n) is 10.5. The van der Waals surface area contributed by atoms with E-state index in [1.165, 1.54) is 5.56 Å². The average molecular weight is 415 g/mol. The molecule has 1 N–H and O–H groups in total. The Bertz CT molecular complexity index is 994. The number of benzene rings is 3. The number of carboxylic acids is 1. The standard InChI is InChI=1S/C26H25NO4/c28-25(29)18-30-24-13-7-12-22-19(14-15-23(22)24)16-17-27-31-26(20-8-3-1-4-9-20)21-10-5-2-6-11-21/h1-13,17,19,26H,14-16,18H2,(H,28,29)/b27-17-. The fraction of sp³-hybridized carbons (Fsp3) is 0.231. The molecule has 5 heteroatoms. The summed E-state index contributed by atoms with van der Waals surface area (Å²) in [7, 11) is 0. The zero-order valence-electron chi connectivity index (χ0n) is 17.2. The number of hydrogen-bond acceptors (Lipinski definition) is 4. The predicted molar refractivity (Wildman–Crippen MR) is 120 cm³/mol. The molecule has 0 radical (unpaired) electrons. The molecule has 0 heterocycles. The van der Waals surface area contributed by atoms with Gasteiger partial charge in [0.05, 0.1) is 0 Å². The lowest BCUT2D eigenvalue weighted by Crippen LogP contribution is -2.10. The van der Waals surface area contributed by atoms with E-state index in [-0.39, 0.29) is 12.7 Å². The second-order valence-electron chi connectivity index (χ2n) is 7.57. The van der Waals surface area contributed by atoms with Gasteiger partial charge in [-0.15, -0.1) is 0 Å². The van der Waals surface area contributed by atoms with E-state index in [2.05, 4.69) is 11.2 Å². The number of ether oxygens (including phenoxy) is 1. The average Bonchev–Trinajstić information content (AvgIpc) is 3.22. The van der Waals surface area contributed by atoms with E-state index in [9.17, 15) is 4.79 Å². The van der Waals surface area contributed by atoms with Crippen LogP contribution in [0, 0.1) is 0 Å². The lowest BCUT2D eigenvalue weighted by atomic mass is 9.98. The quantitative estimate of drug-likeness (QED) is 0.377. The Morgan fingerprint density at radius 2 is 1.68 bits per heavy atom. The maximum atomic E-state index is 10.8. The van der Waals surface area contributed by atoms with Crippen LogP contribution < -0.4 is 4.74 Å². The van der Waals surface area contributed by atoms with E-state index in [0.717, 1.165) is 36.0 Å². The molecule has 1 atom stereocenters. The topological polar surface area (TPSA) is 68.1 Å². The van der Waals surface area contributed by atoms with Crippen LogP contribution in [0.15, 0.2) is 84.0 Å². The first kappa shape index (κ1) is 20.7. The Morgan fingerprint density at radius 3 is 2.32 bits per heavy atom. The summed E-state index contributed by atoms with van der Waals surface area (Å²) in [5.74, 6) is 0.0225. The van der Waals surface area contributed by atoms with Gasteiger partial charge in [0.15, 0.2) is 12.7 Å². The van der Waals surface area contributed by atoms with Gasteiger partial charge in [0.2, 0.25) is 0 Å². The first-order valence-corrected chi connectivity index (χ1v) is 10.5.